The van der Waals surface area contributed by atoms with Crippen molar-refractivity contribution in [2.45, 2.75) is 17.6 Å². The first kappa shape index (κ1) is 20.6. The average molecular weight is 302 g/mol. The van der Waals surface area contributed by atoms with Gasteiger partial charge in [-0.15, -0.1) is 13.2 Å². The van der Waals surface area contributed by atoms with E-state index in [0.29, 0.717) is 0 Å². The molecule has 0 aliphatic heterocycles. The van der Waals surface area contributed by atoms with Crippen LogP contribution in [0.4, 0.5) is 0 Å². The third-order valence-electron chi connectivity index (χ3n) is 2.53. The predicted octanol–water partition coefficient (Wildman–Crippen LogP) is -2.33. The molecule has 0 rings (SSSR count). The molecule has 0 aliphatic rings. The first-order chi connectivity index (χ1) is 8.15. The molecule has 2 unspecified atom stereocenters. The molecular formula is C10H15NaO7S. The molecule has 0 aromatic heterocycles. The summed E-state index contributed by atoms with van der Waals surface area (Å²) < 4.78 is 28.9. The van der Waals surface area contributed by atoms with Crippen LogP contribution in [0.25, 0.3) is 0 Å². The zero-order valence-corrected chi connectivity index (χ0v) is 13.3. The van der Waals surface area contributed by atoms with Crippen LogP contribution >= 0.6 is 0 Å². The molecule has 104 valence electrons. The molecule has 9 heteroatoms. The quantitative estimate of drug-likeness (QED) is 0.260. The maximum atomic E-state index is 11.3. The second-order valence-electron chi connectivity index (χ2n) is 3.58. The van der Waals surface area contributed by atoms with E-state index in [1.54, 1.807) is 0 Å². The molecule has 0 amide bonds. The summed E-state index contributed by atoms with van der Waals surface area (Å²) >= 11 is 0. The molecule has 2 atom stereocenters. The van der Waals surface area contributed by atoms with Crippen molar-refractivity contribution in [3.63, 3.8) is 0 Å². The zero-order valence-electron chi connectivity index (χ0n) is 11.4. The molecule has 0 aliphatic carbocycles. The average Bonchev–Trinajstić information content (AvgIpc) is 2.20. The van der Waals surface area contributed by atoms with Crippen molar-refractivity contribution < 1.29 is 63.8 Å². The van der Waals surface area contributed by atoms with Crippen molar-refractivity contribution in [3.8, 4) is 0 Å². The van der Waals surface area contributed by atoms with Crippen LogP contribution in [0.1, 0.15) is 14.3 Å². The van der Waals surface area contributed by atoms with Crippen LogP contribution in [0.2, 0.25) is 0 Å². The van der Waals surface area contributed by atoms with Gasteiger partial charge in [0.15, 0.2) is 0 Å². The minimum Gasteiger partial charge on any atom is -1.00 e. The van der Waals surface area contributed by atoms with Gasteiger partial charge in [-0.05, 0) is 12.8 Å². The fourth-order valence-electron chi connectivity index (χ4n) is 1.65. The summed E-state index contributed by atoms with van der Waals surface area (Å²) in [7, 11) is -5.15. The second-order valence-corrected chi connectivity index (χ2v) is 5.26. The standard InChI is InChI=1S/C10H14O7S.Na.H/c1-3-5-7(8(11)12)10(6-4-2,9(13)14)18(15,16)17;;/h3-4,7H,1-2,5-6H2,(H,11,12)(H,13,14)(H,15,16,17);;/q;+1;-1. The van der Waals surface area contributed by atoms with Crippen LogP contribution in [0.3, 0.4) is 0 Å². The van der Waals surface area contributed by atoms with Gasteiger partial charge in [-0.25, -0.2) is 0 Å². The van der Waals surface area contributed by atoms with E-state index in [1.165, 1.54) is 0 Å². The van der Waals surface area contributed by atoms with Crippen molar-refractivity contribution in [2.75, 3.05) is 0 Å². The molecule has 0 aromatic carbocycles. The Balaban J connectivity index is -0.00000144. The number of rotatable bonds is 8. The Labute approximate surface area is 134 Å². The maximum absolute atomic E-state index is 11.3. The number of carboxylic acids is 2. The van der Waals surface area contributed by atoms with Crippen LogP contribution < -0.4 is 29.6 Å². The Morgan fingerprint density at radius 3 is 1.95 bits per heavy atom. The molecule has 0 fully saturated rings. The van der Waals surface area contributed by atoms with E-state index in [4.69, 9.17) is 14.8 Å². The first-order valence-electron chi connectivity index (χ1n) is 4.80. The van der Waals surface area contributed by atoms with E-state index in [9.17, 15) is 18.0 Å². The number of hydrogen-bond donors (Lipinski definition) is 3. The van der Waals surface area contributed by atoms with Crippen LogP contribution in [0.15, 0.2) is 25.3 Å². The van der Waals surface area contributed by atoms with E-state index < -0.39 is 45.6 Å². The Morgan fingerprint density at radius 1 is 1.26 bits per heavy atom. The van der Waals surface area contributed by atoms with Crippen LogP contribution in [-0.2, 0) is 19.7 Å². The van der Waals surface area contributed by atoms with E-state index in [1.807, 2.05) is 0 Å². The van der Waals surface area contributed by atoms with Gasteiger partial charge in [0.2, 0.25) is 4.75 Å². The van der Waals surface area contributed by atoms with Crippen molar-refractivity contribution in [1.29, 1.82) is 0 Å². The van der Waals surface area contributed by atoms with Gasteiger partial charge in [-0.2, -0.15) is 8.42 Å². The topological polar surface area (TPSA) is 129 Å². The Bertz CT molecular complexity index is 476. The molecule has 0 bridgehead atoms. The predicted molar refractivity (Wildman–Crippen MR) is 63.8 cm³/mol. The first-order valence-corrected chi connectivity index (χ1v) is 6.24. The van der Waals surface area contributed by atoms with Gasteiger partial charge >= 0.3 is 41.5 Å². The Kier molecular flexibility index (Phi) is 8.48. The summed E-state index contributed by atoms with van der Waals surface area (Å²) in [6, 6.07) is 0. The molecule has 0 spiro atoms. The van der Waals surface area contributed by atoms with Crippen LogP contribution in [-0.4, -0.2) is 39.9 Å². The van der Waals surface area contributed by atoms with Gasteiger partial charge in [-0.3, -0.25) is 14.1 Å². The summed E-state index contributed by atoms with van der Waals surface area (Å²) in [6.07, 6.45) is 0.854. The second kappa shape index (κ2) is 7.81. The van der Waals surface area contributed by atoms with Crippen molar-refractivity contribution >= 4 is 22.1 Å². The summed E-state index contributed by atoms with van der Waals surface area (Å²) in [4.78, 5) is 22.2. The zero-order chi connectivity index (χ0) is 14.6. The van der Waals surface area contributed by atoms with Crippen molar-refractivity contribution in [1.82, 2.24) is 0 Å². The number of carbonyl (C=O) groups is 2. The fraction of sp³-hybridized carbons (Fsp3) is 0.400. The summed E-state index contributed by atoms with van der Waals surface area (Å²) in [5.74, 6) is -5.46. The van der Waals surface area contributed by atoms with E-state index in [2.05, 4.69) is 13.2 Å². The third kappa shape index (κ3) is 4.15. The summed E-state index contributed by atoms with van der Waals surface area (Å²) in [5, 5.41) is 18.0. The number of aliphatic carboxylic acids is 2. The Hall–Kier alpha value is -0.670. The van der Waals surface area contributed by atoms with Gasteiger partial charge in [0.1, 0.15) is 0 Å². The molecule has 7 nitrogen and oxygen atoms in total. The minimum atomic E-state index is -5.15. The van der Waals surface area contributed by atoms with Crippen LogP contribution in [0.5, 0.6) is 0 Å². The van der Waals surface area contributed by atoms with Crippen molar-refractivity contribution in [2.24, 2.45) is 5.92 Å². The minimum absolute atomic E-state index is 0. The molecular weight excluding hydrogens is 287 g/mol. The van der Waals surface area contributed by atoms with Gasteiger partial charge in [0.25, 0.3) is 10.1 Å². The van der Waals surface area contributed by atoms with Gasteiger partial charge in [-0.1, -0.05) is 12.2 Å². The van der Waals surface area contributed by atoms with Gasteiger partial charge < -0.3 is 11.6 Å². The molecule has 0 saturated heterocycles. The normalized spacial score (nSPS) is 15.4. The fourth-order valence-corrected chi connectivity index (χ4v) is 2.75. The SMILES string of the molecule is C=CCC(C(=O)O)C(CC=C)(C(=O)O)S(=O)(=O)O.[H-].[Na+]. The van der Waals surface area contributed by atoms with Gasteiger partial charge in [0.05, 0.1) is 5.92 Å². The summed E-state index contributed by atoms with van der Waals surface area (Å²) in [5.41, 5.74) is 0. The number of allylic oxidation sites excluding steroid dienone is 2. The van der Waals surface area contributed by atoms with E-state index in [0.717, 1.165) is 12.2 Å². The summed E-state index contributed by atoms with van der Waals surface area (Å²) in [6.45, 7) is 6.42. The number of hydrogen-bond acceptors (Lipinski definition) is 4. The molecule has 0 saturated carbocycles. The monoisotopic (exact) mass is 302 g/mol. The van der Waals surface area contributed by atoms with Gasteiger partial charge in [0, 0.05) is 0 Å². The third-order valence-corrected chi connectivity index (χ3v) is 4.08. The molecule has 3 N–H and O–H groups in total. The molecule has 0 radical (unpaired) electrons. The van der Waals surface area contributed by atoms with Crippen molar-refractivity contribution in [3.05, 3.63) is 25.3 Å². The maximum Gasteiger partial charge on any atom is 1.00 e. The molecule has 0 heterocycles. The molecule has 0 aromatic rings. The van der Waals surface area contributed by atoms with E-state index >= 15 is 0 Å². The molecule has 19 heavy (non-hydrogen) atoms. The van der Waals surface area contributed by atoms with E-state index in [-0.39, 0.29) is 31.0 Å². The Morgan fingerprint density at radius 2 is 1.74 bits per heavy atom. The number of carboxylic acid groups (broad SMARTS) is 2. The largest absolute Gasteiger partial charge is 1.00 e. The van der Waals surface area contributed by atoms with Crippen LogP contribution in [0, 0.1) is 5.92 Å². The smallest absolute Gasteiger partial charge is 1.00 e.